The fourth-order valence-corrected chi connectivity index (χ4v) is 7.69. The van der Waals surface area contributed by atoms with E-state index in [9.17, 15) is 14.2 Å². The highest BCUT2D eigenvalue weighted by molar-refractivity contribution is 7.54. The third-order valence-corrected chi connectivity index (χ3v) is 9.63. The highest BCUT2D eigenvalue weighted by atomic mass is 31.2. The van der Waals surface area contributed by atoms with E-state index in [0.717, 1.165) is 6.92 Å². The molecule has 0 saturated carbocycles. The van der Waals surface area contributed by atoms with Gasteiger partial charge in [-0.25, -0.2) is 4.67 Å². The topological polar surface area (TPSA) is 143 Å². The summed E-state index contributed by atoms with van der Waals surface area (Å²) >= 11 is 0. The molecule has 3 unspecified atom stereocenters. The van der Waals surface area contributed by atoms with Gasteiger partial charge in [0.15, 0.2) is 6.10 Å². The summed E-state index contributed by atoms with van der Waals surface area (Å²) in [6, 6.07) is 1.19. The Kier molecular flexibility index (Phi) is 15.5. The van der Waals surface area contributed by atoms with E-state index >= 15 is 0 Å². The molecule has 0 N–H and O–H groups in total. The predicted molar refractivity (Wildman–Crippen MR) is 141 cm³/mol. The smallest absolute Gasteiger partial charge is 0.374 e. The molecule has 0 aromatic rings. The summed E-state index contributed by atoms with van der Waals surface area (Å²) < 4.78 is 55.6. The summed E-state index contributed by atoms with van der Waals surface area (Å²) in [6.07, 6.45) is -2.77. The van der Waals surface area contributed by atoms with Crippen LogP contribution in [0, 0.1) is 11.3 Å². The van der Waals surface area contributed by atoms with Gasteiger partial charge >= 0.3 is 19.5 Å². The molecule has 38 heavy (non-hydrogen) atoms. The lowest BCUT2D eigenvalue weighted by Gasteiger charge is -2.37. The van der Waals surface area contributed by atoms with Crippen LogP contribution in [-0.4, -0.2) is 86.5 Å². The Morgan fingerprint density at radius 1 is 1.11 bits per heavy atom. The van der Waals surface area contributed by atoms with Gasteiger partial charge < -0.3 is 32.3 Å². The second-order valence-electron chi connectivity index (χ2n) is 9.01. The zero-order valence-corrected chi connectivity index (χ0v) is 25.3. The molecule has 0 bridgehead atoms. The van der Waals surface area contributed by atoms with Gasteiger partial charge in [-0.2, -0.15) is 5.26 Å². The monoisotopic (exact) mass is 578 g/mol. The SMILES string of the molecule is [B][C@@H]1O[C@H](C(OC(C)=O)C(OC(C)=O)P(=O)(OCC)OCC)C[C@@H]1OP(OCCC#N)N(C(C)C)C(C)C. The molecule has 0 amide bonds. The van der Waals surface area contributed by atoms with Crippen LogP contribution < -0.4 is 0 Å². The quantitative estimate of drug-likeness (QED) is 0.106. The molecule has 6 atom stereocenters. The molecule has 0 aromatic carbocycles. The van der Waals surface area contributed by atoms with Crippen molar-refractivity contribution < 1.29 is 46.5 Å². The van der Waals surface area contributed by atoms with E-state index in [1.54, 1.807) is 13.8 Å². The van der Waals surface area contributed by atoms with Crippen LogP contribution in [0.15, 0.2) is 0 Å². The zero-order valence-electron chi connectivity index (χ0n) is 23.5. The Labute approximate surface area is 228 Å². The Bertz CT molecular complexity index is 826. The molecule has 2 radical (unpaired) electrons. The summed E-state index contributed by atoms with van der Waals surface area (Å²) in [4.78, 5) is 24.1. The molecule has 12 nitrogen and oxygen atoms in total. The molecule has 1 fully saturated rings. The van der Waals surface area contributed by atoms with Crippen LogP contribution in [0.2, 0.25) is 0 Å². The van der Waals surface area contributed by atoms with E-state index < -0.39 is 58.2 Å². The largest absolute Gasteiger partial charge is 0.455 e. The van der Waals surface area contributed by atoms with E-state index in [4.69, 9.17) is 45.4 Å². The number of rotatable bonds is 17. The van der Waals surface area contributed by atoms with Crippen LogP contribution in [-0.2, 0) is 46.5 Å². The molecule has 1 saturated heterocycles. The maximum absolute atomic E-state index is 13.7. The van der Waals surface area contributed by atoms with Crippen LogP contribution in [0.5, 0.6) is 0 Å². The van der Waals surface area contributed by atoms with E-state index in [2.05, 4.69) is 0 Å². The number of nitriles is 1. The first-order valence-corrected chi connectivity index (χ1v) is 15.4. The number of nitrogens with zero attached hydrogens (tertiary/aromatic N) is 2. The van der Waals surface area contributed by atoms with E-state index in [1.165, 1.54) is 6.92 Å². The number of hydrogen-bond acceptors (Lipinski definition) is 12. The Balaban J connectivity index is 3.33. The third-order valence-electron chi connectivity index (χ3n) is 5.22. The van der Waals surface area contributed by atoms with Crippen LogP contribution in [0.4, 0.5) is 0 Å². The molecule has 0 spiro atoms. The van der Waals surface area contributed by atoms with Gasteiger partial charge in [-0.1, -0.05) is 0 Å². The van der Waals surface area contributed by atoms with Gasteiger partial charge in [-0.05, 0) is 41.5 Å². The minimum atomic E-state index is -4.12. The van der Waals surface area contributed by atoms with Gasteiger partial charge in [0.25, 0.3) is 8.53 Å². The highest BCUT2D eigenvalue weighted by Crippen LogP contribution is 2.57. The number of carbonyl (C=O) groups is 2. The molecule has 1 aliphatic heterocycles. The van der Waals surface area contributed by atoms with Crippen LogP contribution >= 0.6 is 16.1 Å². The summed E-state index contributed by atoms with van der Waals surface area (Å²) in [5, 5.41) is 8.95. The number of ether oxygens (including phenoxy) is 3. The van der Waals surface area contributed by atoms with Crippen molar-refractivity contribution in [1.29, 1.82) is 5.26 Å². The Hall–Kier alpha value is -1.09. The standard InChI is InChI=1S/C23H41BN2O10P2/c1-9-31-38(29,32-10-2)23(34-18(8)28)21(33-17(7)27)19-14-20(22(24)35-19)36-37(30-13-11-12-25)26(15(3)4)16(5)6/h15-16,19-23H,9-11,13-14H2,1-8H3/t19-,20-,21?,22+,23?,37?/m0/s1. The Morgan fingerprint density at radius 3 is 2.11 bits per heavy atom. The lowest BCUT2D eigenvalue weighted by atomic mass is 9.94. The van der Waals surface area contributed by atoms with Gasteiger partial charge in [-0.3, -0.25) is 14.2 Å². The second-order valence-corrected chi connectivity index (χ2v) is 12.5. The van der Waals surface area contributed by atoms with Crippen molar-refractivity contribution in [3.05, 3.63) is 0 Å². The lowest BCUT2D eigenvalue weighted by Crippen LogP contribution is -2.44. The predicted octanol–water partition coefficient (Wildman–Crippen LogP) is 4.02. The van der Waals surface area contributed by atoms with E-state index in [-0.39, 0.29) is 44.7 Å². The van der Waals surface area contributed by atoms with Gasteiger partial charge in [0.1, 0.15) is 14.0 Å². The normalized spacial score (nSPS) is 22.3. The van der Waals surface area contributed by atoms with Gasteiger partial charge in [-0.15, -0.1) is 0 Å². The molecule has 0 aliphatic carbocycles. The minimum absolute atomic E-state index is 0.0107. The molecular formula is C23H41BN2O10P2. The summed E-state index contributed by atoms with van der Waals surface area (Å²) in [6.45, 7) is 13.6. The maximum atomic E-state index is 13.7. The lowest BCUT2D eigenvalue weighted by molar-refractivity contribution is -0.170. The first-order chi connectivity index (χ1) is 17.8. The third kappa shape index (κ3) is 10.5. The molecule has 1 rings (SSSR count). The molecule has 15 heteroatoms. The molecule has 216 valence electrons. The van der Waals surface area contributed by atoms with Crippen molar-refractivity contribution in [2.45, 2.75) is 110 Å². The van der Waals surface area contributed by atoms with Gasteiger partial charge in [0.05, 0.1) is 38.4 Å². The Morgan fingerprint density at radius 2 is 1.66 bits per heavy atom. The fourth-order valence-electron chi connectivity index (χ4n) is 3.97. The summed E-state index contributed by atoms with van der Waals surface area (Å²) in [5.74, 6) is -3.10. The number of carbonyl (C=O) groups excluding carboxylic acids is 2. The van der Waals surface area contributed by atoms with Gasteiger partial charge in [0.2, 0.25) is 5.85 Å². The highest BCUT2D eigenvalue weighted by Gasteiger charge is 2.53. The van der Waals surface area contributed by atoms with Crippen molar-refractivity contribution in [2.75, 3.05) is 19.8 Å². The second kappa shape index (κ2) is 16.9. The van der Waals surface area contributed by atoms with E-state index in [1.807, 2.05) is 38.4 Å². The molecule has 1 aliphatic rings. The number of hydrogen-bond donors (Lipinski definition) is 0. The van der Waals surface area contributed by atoms with E-state index in [0.29, 0.717) is 0 Å². The van der Waals surface area contributed by atoms with Crippen molar-refractivity contribution in [1.82, 2.24) is 4.67 Å². The summed E-state index contributed by atoms with van der Waals surface area (Å²) in [5.41, 5.74) is 0. The van der Waals surface area contributed by atoms with Crippen molar-refractivity contribution >= 4 is 35.9 Å². The van der Waals surface area contributed by atoms with Crippen molar-refractivity contribution in [2.24, 2.45) is 0 Å². The molecule has 0 aromatic heterocycles. The van der Waals surface area contributed by atoms with Crippen molar-refractivity contribution in [3.63, 3.8) is 0 Å². The summed E-state index contributed by atoms with van der Waals surface area (Å²) in [7, 11) is 0.516. The first-order valence-electron chi connectivity index (χ1n) is 12.7. The zero-order chi connectivity index (χ0) is 29.0. The van der Waals surface area contributed by atoms with Gasteiger partial charge in [0, 0.05) is 38.4 Å². The fraction of sp³-hybridized carbons (Fsp3) is 0.870. The maximum Gasteiger partial charge on any atom is 0.374 e. The average Bonchev–Trinajstić information content (AvgIpc) is 3.15. The van der Waals surface area contributed by atoms with Crippen molar-refractivity contribution in [3.8, 4) is 6.07 Å². The molecular weight excluding hydrogens is 537 g/mol. The van der Waals surface area contributed by atoms with Crippen LogP contribution in [0.25, 0.3) is 0 Å². The average molecular weight is 578 g/mol. The van der Waals surface area contributed by atoms with Crippen LogP contribution in [0.3, 0.4) is 0 Å². The minimum Gasteiger partial charge on any atom is -0.455 e. The first kappa shape index (κ1) is 34.9. The molecule has 1 heterocycles. The van der Waals surface area contributed by atoms with Crippen LogP contribution in [0.1, 0.15) is 68.2 Å². The number of esters is 2.